The van der Waals surface area contributed by atoms with Crippen LogP contribution in [0.2, 0.25) is 0 Å². The quantitative estimate of drug-likeness (QED) is 0.791. The van der Waals surface area contributed by atoms with Crippen LogP contribution in [0.15, 0.2) is 30.3 Å². The van der Waals surface area contributed by atoms with Gasteiger partial charge < -0.3 is 14.8 Å². The van der Waals surface area contributed by atoms with Crippen molar-refractivity contribution in [2.24, 2.45) is 0 Å². The molecule has 0 unspecified atom stereocenters. The molecule has 122 valence electrons. The Kier molecular flexibility index (Phi) is 4.92. The van der Waals surface area contributed by atoms with Gasteiger partial charge in [0, 0.05) is 24.9 Å². The van der Waals surface area contributed by atoms with E-state index < -0.39 is 0 Å². The van der Waals surface area contributed by atoms with Crippen molar-refractivity contribution in [3.63, 3.8) is 0 Å². The number of nitrogens with zero attached hydrogens (tertiary/aromatic N) is 2. The molecule has 0 atom stereocenters. The fraction of sp³-hybridized carbons (Fsp3) is 0.412. The monoisotopic (exact) mass is 315 g/mol. The molecule has 2 aromatic rings. The summed E-state index contributed by atoms with van der Waals surface area (Å²) in [6, 6.07) is 9.20. The number of carbonyl (C=O) groups excluding carboxylic acids is 1. The highest BCUT2D eigenvalue weighted by atomic mass is 16.5. The van der Waals surface area contributed by atoms with Gasteiger partial charge in [-0.1, -0.05) is 6.07 Å². The summed E-state index contributed by atoms with van der Waals surface area (Å²) in [5, 5.41) is 7.39. The highest BCUT2D eigenvalue weighted by Gasteiger charge is 2.14. The van der Waals surface area contributed by atoms with Gasteiger partial charge in [-0.05, 0) is 37.1 Å². The van der Waals surface area contributed by atoms with Gasteiger partial charge in [0.1, 0.15) is 12.4 Å². The summed E-state index contributed by atoms with van der Waals surface area (Å²) in [5.41, 5.74) is 2.73. The standard InChI is InChI=1S/C17H21N3O3/c1-22-8-9-23-16-6-2-4-13(10-16)17(21)18-12-14-11-15-5-3-7-20(15)19-14/h2,4,6,10-11H,3,5,7-9,12H2,1H3,(H,18,21). The Bertz CT molecular complexity index is 660. The van der Waals surface area contributed by atoms with Gasteiger partial charge >= 0.3 is 0 Å². The molecule has 0 saturated heterocycles. The minimum absolute atomic E-state index is 0.129. The van der Waals surface area contributed by atoms with Crippen molar-refractivity contribution in [2.45, 2.75) is 25.9 Å². The number of hydrogen-bond acceptors (Lipinski definition) is 4. The van der Waals surface area contributed by atoms with E-state index in [4.69, 9.17) is 9.47 Å². The molecule has 0 fully saturated rings. The normalized spacial score (nSPS) is 12.9. The number of methoxy groups -OCH3 is 1. The average molecular weight is 315 g/mol. The number of amides is 1. The van der Waals surface area contributed by atoms with Gasteiger partial charge in [-0.15, -0.1) is 0 Å². The van der Waals surface area contributed by atoms with Crippen LogP contribution in [0, 0.1) is 0 Å². The Morgan fingerprint density at radius 1 is 1.35 bits per heavy atom. The first-order chi connectivity index (χ1) is 11.3. The second kappa shape index (κ2) is 7.28. The zero-order valence-electron chi connectivity index (χ0n) is 13.2. The SMILES string of the molecule is COCCOc1cccc(C(=O)NCc2cc3n(n2)CCC3)c1. The number of nitrogens with one attached hydrogen (secondary N) is 1. The van der Waals surface area contributed by atoms with Crippen molar-refractivity contribution < 1.29 is 14.3 Å². The highest BCUT2D eigenvalue weighted by Crippen LogP contribution is 2.16. The molecule has 6 nitrogen and oxygen atoms in total. The lowest BCUT2D eigenvalue weighted by Gasteiger charge is -2.08. The van der Waals surface area contributed by atoms with Crippen LogP contribution in [0.25, 0.3) is 0 Å². The molecule has 1 aromatic heterocycles. The molecule has 6 heteroatoms. The molecule has 2 heterocycles. The number of hydrogen-bond donors (Lipinski definition) is 1. The third kappa shape index (κ3) is 3.90. The Morgan fingerprint density at radius 3 is 3.09 bits per heavy atom. The summed E-state index contributed by atoms with van der Waals surface area (Å²) < 4.78 is 12.5. The van der Waals surface area contributed by atoms with E-state index in [-0.39, 0.29) is 5.91 Å². The number of fused-ring (bicyclic) bond motifs is 1. The van der Waals surface area contributed by atoms with Gasteiger partial charge in [0.15, 0.2) is 0 Å². The number of ether oxygens (including phenoxy) is 2. The van der Waals surface area contributed by atoms with Crippen LogP contribution in [-0.2, 0) is 24.2 Å². The minimum Gasteiger partial charge on any atom is -0.491 e. The highest BCUT2D eigenvalue weighted by molar-refractivity contribution is 5.94. The number of benzene rings is 1. The van der Waals surface area contributed by atoms with E-state index in [0.717, 1.165) is 25.1 Å². The topological polar surface area (TPSA) is 65.4 Å². The van der Waals surface area contributed by atoms with Crippen LogP contribution >= 0.6 is 0 Å². The van der Waals surface area contributed by atoms with Crippen molar-refractivity contribution in [1.82, 2.24) is 15.1 Å². The maximum absolute atomic E-state index is 12.2. The number of aromatic nitrogens is 2. The smallest absolute Gasteiger partial charge is 0.251 e. The molecule has 0 saturated carbocycles. The molecule has 0 bridgehead atoms. The van der Waals surface area contributed by atoms with Crippen LogP contribution in [0.5, 0.6) is 5.75 Å². The Labute approximate surface area is 135 Å². The molecule has 0 aliphatic carbocycles. The summed E-state index contributed by atoms with van der Waals surface area (Å²) in [6.45, 7) is 2.39. The predicted molar refractivity (Wildman–Crippen MR) is 85.5 cm³/mol. The number of carbonyl (C=O) groups is 1. The van der Waals surface area contributed by atoms with Crippen molar-refractivity contribution in [3.05, 3.63) is 47.3 Å². The third-order valence-corrected chi connectivity index (χ3v) is 3.80. The van der Waals surface area contributed by atoms with Crippen LogP contribution in [0.4, 0.5) is 0 Å². The van der Waals surface area contributed by atoms with Crippen LogP contribution in [0.3, 0.4) is 0 Å². The van der Waals surface area contributed by atoms with Gasteiger partial charge in [-0.3, -0.25) is 9.48 Å². The fourth-order valence-corrected chi connectivity index (χ4v) is 2.65. The van der Waals surface area contributed by atoms with Crippen molar-refractivity contribution in [3.8, 4) is 5.75 Å². The summed E-state index contributed by atoms with van der Waals surface area (Å²) >= 11 is 0. The maximum Gasteiger partial charge on any atom is 0.251 e. The molecule has 1 amide bonds. The Morgan fingerprint density at radius 2 is 2.26 bits per heavy atom. The lowest BCUT2D eigenvalue weighted by atomic mass is 10.2. The first-order valence-electron chi connectivity index (χ1n) is 7.82. The first-order valence-corrected chi connectivity index (χ1v) is 7.82. The lowest BCUT2D eigenvalue weighted by molar-refractivity contribution is 0.0949. The van der Waals surface area contributed by atoms with Gasteiger partial charge in [-0.25, -0.2) is 0 Å². The number of aryl methyl sites for hydroxylation is 2. The molecule has 3 rings (SSSR count). The van der Waals surface area contributed by atoms with Crippen LogP contribution < -0.4 is 10.1 Å². The summed E-state index contributed by atoms with van der Waals surface area (Å²) in [5.74, 6) is 0.533. The molecule has 1 aliphatic heterocycles. The second-order valence-corrected chi connectivity index (χ2v) is 5.51. The van der Waals surface area contributed by atoms with Gasteiger partial charge in [0.25, 0.3) is 5.91 Å². The van der Waals surface area contributed by atoms with E-state index in [1.165, 1.54) is 5.69 Å². The molecular weight excluding hydrogens is 294 g/mol. The third-order valence-electron chi connectivity index (χ3n) is 3.80. The molecule has 1 aliphatic rings. The molecule has 0 spiro atoms. The predicted octanol–water partition coefficient (Wildman–Crippen LogP) is 1.78. The Hall–Kier alpha value is -2.34. The summed E-state index contributed by atoms with van der Waals surface area (Å²) in [7, 11) is 1.62. The van der Waals surface area contributed by atoms with Gasteiger partial charge in [0.05, 0.1) is 18.8 Å². The molecule has 0 radical (unpaired) electrons. The largest absolute Gasteiger partial charge is 0.491 e. The minimum atomic E-state index is -0.129. The zero-order chi connectivity index (χ0) is 16.1. The van der Waals surface area contributed by atoms with Crippen molar-refractivity contribution in [1.29, 1.82) is 0 Å². The van der Waals surface area contributed by atoms with E-state index in [2.05, 4.69) is 16.5 Å². The van der Waals surface area contributed by atoms with Crippen molar-refractivity contribution >= 4 is 5.91 Å². The first kappa shape index (κ1) is 15.6. The van der Waals surface area contributed by atoms with E-state index in [9.17, 15) is 4.79 Å². The molecular formula is C17H21N3O3. The molecule has 1 N–H and O–H groups in total. The molecule has 23 heavy (non-hydrogen) atoms. The summed E-state index contributed by atoms with van der Waals surface area (Å²) in [6.07, 6.45) is 2.23. The second-order valence-electron chi connectivity index (χ2n) is 5.51. The van der Waals surface area contributed by atoms with Crippen LogP contribution in [0.1, 0.15) is 28.2 Å². The fourth-order valence-electron chi connectivity index (χ4n) is 2.65. The molecule has 1 aromatic carbocycles. The zero-order valence-corrected chi connectivity index (χ0v) is 13.2. The Balaban J connectivity index is 1.55. The van der Waals surface area contributed by atoms with Crippen LogP contribution in [-0.4, -0.2) is 36.0 Å². The van der Waals surface area contributed by atoms with E-state index >= 15 is 0 Å². The lowest BCUT2D eigenvalue weighted by Crippen LogP contribution is -2.23. The number of rotatable bonds is 7. The van der Waals surface area contributed by atoms with Crippen molar-refractivity contribution in [2.75, 3.05) is 20.3 Å². The van der Waals surface area contributed by atoms with E-state index in [1.807, 2.05) is 16.8 Å². The van der Waals surface area contributed by atoms with E-state index in [0.29, 0.717) is 31.1 Å². The average Bonchev–Trinajstić information content (AvgIpc) is 3.14. The summed E-state index contributed by atoms with van der Waals surface area (Å²) in [4.78, 5) is 12.2. The van der Waals surface area contributed by atoms with Gasteiger partial charge in [0.2, 0.25) is 0 Å². The maximum atomic E-state index is 12.2. The van der Waals surface area contributed by atoms with Gasteiger partial charge in [-0.2, -0.15) is 5.10 Å². The van der Waals surface area contributed by atoms with E-state index in [1.54, 1.807) is 19.2 Å².